The van der Waals surface area contributed by atoms with E-state index in [0.717, 1.165) is 19.4 Å². The van der Waals surface area contributed by atoms with Gasteiger partial charge in [-0.15, -0.1) is 0 Å². The van der Waals surface area contributed by atoms with Crippen molar-refractivity contribution in [1.82, 2.24) is 5.32 Å². The molecule has 0 aromatic heterocycles. The molecule has 1 aromatic carbocycles. The van der Waals surface area contributed by atoms with E-state index in [2.05, 4.69) is 62.5 Å². The molecule has 1 aromatic rings. The zero-order valence-electron chi connectivity index (χ0n) is 11.6. The quantitative estimate of drug-likeness (QED) is 0.602. The van der Waals surface area contributed by atoms with Crippen LogP contribution in [-0.4, -0.2) is 13.6 Å². The highest BCUT2D eigenvalue weighted by molar-refractivity contribution is 5.28. The fraction of sp³-hybridized carbons (Fsp3) is 0.500. The first kappa shape index (κ1) is 14.0. The van der Waals surface area contributed by atoms with Crippen molar-refractivity contribution < 1.29 is 0 Å². The van der Waals surface area contributed by atoms with Crippen LogP contribution in [0.25, 0.3) is 0 Å². The molecule has 17 heavy (non-hydrogen) atoms. The molecular formula is C16H25N. The van der Waals surface area contributed by atoms with E-state index < -0.39 is 0 Å². The molecular weight excluding hydrogens is 206 g/mol. The Balaban J connectivity index is 2.49. The molecule has 0 spiro atoms. The highest BCUT2D eigenvalue weighted by Crippen LogP contribution is 2.22. The van der Waals surface area contributed by atoms with Crippen molar-refractivity contribution in [2.75, 3.05) is 13.6 Å². The molecule has 1 N–H and O–H groups in total. The SMILES string of the molecule is CNCCC=CCc1ccc(C(C)(C)C)cc1. The first-order chi connectivity index (χ1) is 8.04. The Bertz CT molecular complexity index is 341. The van der Waals surface area contributed by atoms with Crippen LogP contribution in [0.4, 0.5) is 0 Å². The van der Waals surface area contributed by atoms with Gasteiger partial charge in [-0.2, -0.15) is 0 Å². The van der Waals surface area contributed by atoms with Gasteiger partial charge in [0.2, 0.25) is 0 Å². The molecule has 0 aliphatic heterocycles. The fourth-order valence-electron chi connectivity index (χ4n) is 1.71. The summed E-state index contributed by atoms with van der Waals surface area (Å²) in [6.07, 6.45) is 6.64. The van der Waals surface area contributed by atoms with Gasteiger partial charge < -0.3 is 5.32 Å². The van der Waals surface area contributed by atoms with Crippen molar-refractivity contribution in [3.8, 4) is 0 Å². The van der Waals surface area contributed by atoms with E-state index in [9.17, 15) is 0 Å². The van der Waals surface area contributed by atoms with Crippen molar-refractivity contribution in [3.63, 3.8) is 0 Å². The lowest BCUT2D eigenvalue weighted by Crippen LogP contribution is -2.10. The summed E-state index contributed by atoms with van der Waals surface area (Å²) in [5.74, 6) is 0. The van der Waals surface area contributed by atoms with Crippen LogP contribution in [0.3, 0.4) is 0 Å². The Morgan fingerprint density at radius 3 is 2.24 bits per heavy atom. The van der Waals surface area contributed by atoms with Crippen LogP contribution in [0.15, 0.2) is 36.4 Å². The van der Waals surface area contributed by atoms with E-state index in [4.69, 9.17) is 0 Å². The second kappa shape index (κ2) is 6.61. The third-order valence-corrected chi connectivity index (χ3v) is 2.90. The molecule has 0 saturated carbocycles. The Hall–Kier alpha value is -1.08. The van der Waals surface area contributed by atoms with Gasteiger partial charge >= 0.3 is 0 Å². The maximum Gasteiger partial charge on any atom is -0.00173 e. The molecule has 0 aliphatic rings. The molecule has 0 fully saturated rings. The summed E-state index contributed by atoms with van der Waals surface area (Å²) >= 11 is 0. The number of nitrogens with one attached hydrogen (secondary N) is 1. The summed E-state index contributed by atoms with van der Waals surface area (Å²) in [5.41, 5.74) is 3.04. The van der Waals surface area contributed by atoms with Crippen LogP contribution < -0.4 is 5.32 Å². The lowest BCUT2D eigenvalue weighted by atomic mass is 9.86. The first-order valence-electron chi connectivity index (χ1n) is 6.43. The average molecular weight is 231 g/mol. The van der Waals surface area contributed by atoms with Gasteiger partial charge in [-0.25, -0.2) is 0 Å². The maximum absolute atomic E-state index is 3.14. The van der Waals surface area contributed by atoms with Gasteiger partial charge in [-0.3, -0.25) is 0 Å². The van der Waals surface area contributed by atoms with Crippen LogP contribution >= 0.6 is 0 Å². The van der Waals surface area contributed by atoms with Crippen LogP contribution in [0.1, 0.15) is 38.3 Å². The minimum absolute atomic E-state index is 0.251. The van der Waals surface area contributed by atoms with Gasteiger partial charge in [0.05, 0.1) is 0 Å². The van der Waals surface area contributed by atoms with Gasteiger partial charge in [0.1, 0.15) is 0 Å². The number of hydrogen-bond acceptors (Lipinski definition) is 1. The highest BCUT2D eigenvalue weighted by Gasteiger charge is 2.12. The monoisotopic (exact) mass is 231 g/mol. The Labute approximate surface area is 106 Å². The molecule has 0 amide bonds. The second-order valence-electron chi connectivity index (χ2n) is 5.51. The van der Waals surface area contributed by atoms with E-state index >= 15 is 0 Å². The third kappa shape index (κ3) is 5.18. The van der Waals surface area contributed by atoms with Crippen molar-refractivity contribution in [1.29, 1.82) is 0 Å². The van der Waals surface area contributed by atoms with Crippen LogP contribution in [-0.2, 0) is 11.8 Å². The number of allylic oxidation sites excluding steroid dienone is 1. The van der Waals surface area contributed by atoms with E-state index in [1.807, 2.05) is 7.05 Å². The molecule has 0 atom stereocenters. The van der Waals surface area contributed by atoms with Crippen molar-refractivity contribution in [3.05, 3.63) is 47.5 Å². The molecule has 1 heteroatoms. The van der Waals surface area contributed by atoms with Gasteiger partial charge in [-0.05, 0) is 43.0 Å². The summed E-state index contributed by atoms with van der Waals surface area (Å²) in [6, 6.07) is 8.97. The second-order valence-corrected chi connectivity index (χ2v) is 5.51. The molecule has 1 rings (SSSR count). The molecule has 0 saturated heterocycles. The lowest BCUT2D eigenvalue weighted by molar-refractivity contribution is 0.590. The van der Waals surface area contributed by atoms with Crippen molar-refractivity contribution in [2.45, 2.75) is 39.0 Å². The Kier molecular flexibility index (Phi) is 5.43. The predicted octanol–water partition coefficient (Wildman–Crippen LogP) is 3.69. The topological polar surface area (TPSA) is 12.0 Å². The predicted molar refractivity (Wildman–Crippen MR) is 76.5 cm³/mol. The standard InChI is InChI=1S/C16H25N/c1-16(2,3)15-11-9-14(10-12-15)8-6-5-7-13-17-4/h5-6,9-12,17H,7-8,13H2,1-4H3. The zero-order valence-corrected chi connectivity index (χ0v) is 11.6. The summed E-state index contributed by atoms with van der Waals surface area (Å²) in [7, 11) is 1.99. The lowest BCUT2D eigenvalue weighted by Gasteiger charge is -2.18. The zero-order chi connectivity index (χ0) is 12.7. The van der Waals surface area contributed by atoms with Gasteiger partial charge in [0, 0.05) is 0 Å². The van der Waals surface area contributed by atoms with E-state index in [0.29, 0.717) is 0 Å². The highest BCUT2D eigenvalue weighted by atomic mass is 14.8. The third-order valence-electron chi connectivity index (χ3n) is 2.90. The van der Waals surface area contributed by atoms with Crippen LogP contribution in [0.5, 0.6) is 0 Å². The maximum atomic E-state index is 3.14. The normalized spacial score (nSPS) is 12.2. The van der Waals surface area contributed by atoms with E-state index in [1.165, 1.54) is 11.1 Å². The minimum Gasteiger partial charge on any atom is -0.319 e. The van der Waals surface area contributed by atoms with Gasteiger partial charge in [0.25, 0.3) is 0 Å². The summed E-state index contributed by atoms with van der Waals surface area (Å²) in [5, 5.41) is 3.14. The van der Waals surface area contributed by atoms with Crippen LogP contribution in [0, 0.1) is 0 Å². The molecule has 94 valence electrons. The number of benzene rings is 1. The fourth-order valence-corrected chi connectivity index (χ4v) is 1.71. The number of rotatable bonds is 5. The Morgan fingerprint density at radius 1 is 1.06 bits per heavy atom. The van der Waals surface area contributed by atoms with E-state index in [-0.39, 0.29) is 5.41 Å². The molecule has 0 aliphatic carbocycles. The van der Waals surface area contributed by atoms with Crippen molar-refractivity contribution >= 4 is 0 Å². The largest absolute Gasteiger partial charge is 0.319 e. The molecule has 1 nitrogen and oxygen atoms in total. The Morgan fingerprint density at radius 2 is 1.71 bits per heavy atom. The first-order valence-corrected chi connectivity index (χ1v) is 6.43. The summed E-state index contributed by atoms with van der Waals surface area (Å²) in [4.78, 5) is 0. The number of hydrogen-bond donors (Lipinski definition) is 1. The van der Waals surface area contributed by atoms with E-state index in [1.54, 1.807) is 0 Å². The summed E-state index contributed by atoms with van der Waals surface area (Å²) in [6.45, 7) is 7.80. The molecule has 0 unspecified atom stereocenters. The van der Waals surface area contributed by atoms with Crippen LogP contribution in [0.2, 0.25) is 0 Å². The van der Waals surface area contributed by atoms with Crippen molar-refractivity contribution in [2.24, 2.45) is 0 Å². The molecule has 0 heterocycles. The van der Waals surface area contributed by atoms with Gasteiger partial charge in [0.15, 0.2) is 0 Å². The summed E-state index contributed by atoms with van der Waals surface area (Å²) < 4.78 is 0. The smallest absolute Gasteiger partial charge is 0.00173 e. The molecule has 0 bridgehead atoms. The molecule has 0 radical (unpaired) electrons. The minimum atomic E-state index is 0.251. The van der Waals surface area contributed by atoms with Gasteiger partial charge in [-0.1, -0.05) is 57.2 Å². The average Bonchev–Trinajstić information content (AvgIpc) is 2.28.